The van der Waals surface area contributed by atoms with Crippen LogP contribution in [-0.2, 0) is 0 Å². The zero-order valence-corrected chi connectivity index (χ0v) is 11.2. The van der Waals surface area contributed by atoms with E-state index in [-0.39, 0.29) is 17.1 Å². The molecule has 108 valence electrons. The van der Waals surface area contributed by atoms with E-state index in [1.54, 1.807) is 11.9 Å². The van der Waals surface area contributed by atoms with Crippen LogP contribution in [0, 0.1) is 10.1 Å². The second-order valence-corrected chi connectivity index (χ2v) is 4.20. The van der Waals surface area contributed by atoms with Crippen LogP contribution in [0.1, 0.15) is 5.56 Å². The van der Waals surface area contributed by atoms with Crippen molar-refractivity contribution in [2.45, 2.75) is 0 Å². The number of benzene rings is 1. The summed E-state index contributed by atoms with van der Waals surface area (Å²) in [7, 11) is 1.73. The van der Waals surface area contributed by atoms with Crippen molar-refractivity contribution < 1.29 is 10.1 Å². The Kier molecular flexibility index (Phi) is 3.98. The Morgan fingerprint density at radius 1 is 1.43 bits per heavy atom. The largest absolute Gasteiger partial charge is 0.409 e. The molecular formula is C13H13N5O3. The number of aromatic nitrogens is 1. The first-order valence-corrected chi connectivity index (χ1v) is 5.95. The molecule has 0 saturated heterocycles. The maximum absolute atomic E-state index is 10.8. The van der Waals surface area contributed by atoms with E-state index in [9.17, 15) is 10.1 Å². The summed E-state index contributed by atoms with van der Waals surface area (Å²) in [6.45, 7) is 0. The van der Waals surface area contributed by atoms with Crippen LogP contribution in [0.2, 0.25) is 0 Å². The Morgan fingerprint density at radius 2 is 2.10 bits per heavy atom. The van der Waals surface area contributed by atoms with Crippen molar-refractivity contribution >= 4 is 23.0 Å². The summed E-state index contributed by atoms with van der Waals surface area (Å²) in [5.41, 5.74) is 6.35. The highest BCUT2D eigenvalue weighted by molar-refractivity contribution is 6.02. The van der Waals surface area contributed by atoms with Gasteiger partial charge in [-0.1, -0.05) is 23.4 Å². The lowest BCUT2D eigenvalue weighted by Crippen LogP contribution is -2.21. The highest BCUT2D eigenvalue weighted by Gasteiger charge is 2.18. The van der Waals surface area contributed by atoms with Gasteiger partial charge in [-0.15, -0.1) is 0 Å². The van der Waals surface area contributed by atoms with Crippen LogP contribution in [0.4, 0.5) is 17.2 Å². The molecule has 0 aliphatic carbocycles. The summed E-state index contributed by atoms with van der Waals surface area (Å²) in [4.78, 5) is 16.0. The van der Waals surface area contributed by atoms with Crippen LogP contribution in [-0.4, -0.2) is 28.0 Å². The molecule has 1 aromatic heterocycles. The second kappa shape index (κ2) is 5.87. The van der Waals surface area contributed by atoms with E-state index in [0.29, 0.717) is 5.82 Å². The van der Waals surface area contributed by atoms with Crippen molar-refractivity contribution in [1.29, 1.82) is 0 Å². The van der Waals surface area contributed by atoms with Gasteiger partial charge in [0, 0.05) is 18.8 Å². The number of para-hydroxylation sites is 1. The summed E-state index contributed by atoms with van der Waals surface area (Å²) < 4.78 is 0. The fourth-order valence-corrected chi connectivity index (χ4v) is 1.83. The van der Waals surface area contributed by atoms with Gasteiger partial charge >= 0.3 is 0 Å². The van der Waals surface area contributed by atoms with Crippen LogP contribution in [0.3, 0.4) is 0 Å². The fraction of sp³-hybridized carbons (Fsp3) is 0.0769. The number of rotatable bonds is 4. The number of hydrogen-bond acceptors (Lipinski definition) is 6. The molecule has 3 N–H and O–H groups in total. The van der Waals surface area contributed by atoms with E-state index in [2.05, 4.69) is 10.1 Å². The number of anilines is 2. The predicted molar refractivity (Wildman–Crippen MR) is 77.9 cm³/mol. The van der Waals surface area contributed by atoms with Crippen LogP contribution < -0.4 is 10.6 Å². The highest BCUT2D eigenvalue weighted by Crippen LogP contribution is 2.27. The Balaban J connectivity index is 2.55. The van der Waals surface area contributed by atoms with Gasteiger partial charge in [0.25, 0.3) is 5.69 Å². The van der Waals surface area contributed by atoms with Gasteiger partial charge in [-0.05, 0) is 12.1 Å². The zero-order valence-electron chi connectivity index (χ0n) is 11.2. The average Bonchev–Trinajstić information content (AvgIpc) is 2.53. The molecule has 0 spiro atoms. The number of amidine groups is 1. The lowest BCUT2D eigenvalue weighted by Gasteiger charge is -2.20. The molecule has 0 unspecified atom stereocenters. The maximum atomic E-state index is 10.8. The molecule has 21 heavy (non-hydrogen) atoms. The Morgan fingerprint density at radius 3 is 2.67 bits per heavy atom. The Bertz CT molecular complexity index is 687. The summed E-state index contributed by atoms with van der Waals surface area (Å²) >= 11 is 0. The predicted octanol–water partition coefficient (Wildman–Crippen LogP) is 1.85. The highest BCUT2D eigenvalue weighted by atomic mass is 16.6. The number of oxime groups is 1. The molecule has 8 heteroatoms. The first-order chi connectivity index (χ1) is 10.0. The number of hydrogen-bond donors (Lipinski definition) is 2. The van der Waals surface area contributed by atoms with E-state index >= 15 is 0 Å². The van der Waals surface area contributed by atoms with Crippen molar-refractivity contribution in [2.75, 3.05) is 11.9 Å². The minimum atomic E-state index is -0.590. The average molecular weight is 287 g/mol. The third kappa shape index (κ3) is 2.89. The third-order valence-corrected chi connectivity index (χ3v) is 2.91. The van der Waals surface area contributed by atoms with Crippen molar-refractivity contribution in [3.63, 3.8) is 0 Å². The molecule has 8 nitrogen and oxygen atoms in total. The molecule has 1 heterocycles. The lowest BCUT2D eigenvalue weighted by atomic mass is 10.2. The first kappa shape index (κ1) is 14.3. The normalized spacial score (nSPS) is 11.2. The molecule has 0 radical (unpaired) electrons. The monoisotopic (exact) mass is 287 g/mol. The van der Waals surface area contributed by atoms with E-state index in [1.165, 1.54) is 6.07 Å². The number of pyridine rings is 1. The topological polar surface area (TPSA) is 118 Å². The molecule has 0 atom stereocenters. The number of nitro groups is 1. The molecule has 2 aromatic rings. The number of nitrogens with zero attached hydrogens (tertiary/aromatic N) is 4. The van der Waals surface area contributed by atoms with E-state index in [1.807, 2.05) is 30.3 Å². The van der Waals surface area contributed by atoms with Gasteiger partial charge in [-0.2, -0.15) is 0 Å². The molecule has 0 fully saturated rings. The summed E-state index contributed by atoms with van der Waals surface area (Å²) in [5.74, 6) is 0.103. The van der Waals surface area contributed by atoms with E-state index < -0.39 is 4.92 Å². The Labute approximate surface area is 120 Å². The summed E-state index contributed by atoms with van der Waals surface area (Å²) in [6.07, 6.45) is 1.13. The van der Waals surface area contributed by atoms with Crippen molar-refractivity contribution in [3.8, 4) is 0 Å². The van der Waals surface area contributed by atoms with Gasteiger partial charge in [0.1, 0.15) is 12.0 Å². The number of nitrogens with two attached hydrogens (primary N) is 1. The maximum Gasteiger partial charge on any atom is 0.288 e. The van der Waals surface area contributed by atoms with Crippen molar-refractivity contribution in [3.05, 3.63) is 58.3 Å². The quantitative estimate of drug-likeness (QED) is 0.291. The van der Waals surface area contributed by atoms with Gasteiger partial charge < -0.3 is 15.8 Å². The molecule has 0 saturated carbocycles. The van der Waals surface area contributed by atoms with Gasteiger partial charge in [0.15, 0.2) is 5.84 Å². The van der Waals surface area contributed by atoms with Crippen LogP contribution >= 0.6 is 0 Å². The minimum absolute atomic E-state index is 0.179. The fourth-order valence-electron chi connectivity index (χ4n) is 1.83. The van der Waals surface area contributed by atoms with Crippen LogP contribution in [0.15, 0.2) is 47.8 Å². The summed E-state index contributed by atoms with van der Waals surface area (Å²) in [5, 5.41) is 22.6. The lowest BCUT2D eigenvalue weighted by molar-refractivity contribution is -0.385. The first-order valence-electron chi connectivity index (χ1n) is 5.95. The minimum Gasteiger partial charge on any atom is -0.409 e. The second-order valence-electron chi connectivity index (χ2n) is 4.20. The van der Waals surface area contributed by atoms with Gasteiger partial charge in [-0.25, -0.2) is 4.98 Å². The summed E-state index contributed by atoms with van der Waals surface area (Å²) in [6, 6.07) is 10.5. The third-order valence-electron chi connectivity index (χ3n) is 2.91. The molecule has 0 amide bonds. The van der Waals surface area contributed by atoms with Crippen molar-refractivity contribution in [1.82, 2.24) is 4.98 Å². The van der Waals surface area contributed by atoms with Gasteiger partial charge in [-0.3, -0.25) is 10.1 Å². The van der Waals surface area contributed by atoms with Crippen LogP contribution in [0.5, 0.6) is 0 Å². The Hall–Kier alpha value is -3.16. The van der Waals surface area contributed by atoms with Gasteiger partial charge in [0.05, 0.1) is 10.5 Å². The molecule has 0 aliphatic rings. The van der Waals surface area contributed by atoms with E-state index in [4.69, 9.17) is 10.9 Å². The van der Waals surface area contributed by atoms with Gasteiger partial charge in [0.2, 0.25) is 0 Å². The zero-order chi connectivity index (χ0) is 15.4. The van der Waals surface area contributed by atoms with Crippen molar-refractivity contribution in [2.24, 2.45) is 10.9 Å². The molecule has 0 bridgehead atoms. The standard InChI is InChI=1S/C13H13N5O3/c1-17(9-5-3-2-4-6-9)13-11(12(14)16-19)7-10(8-15-13)18(20)21/h2-8,19H,1H3,(H2,14,16). The van der Waals surface area contributed by atoms with Crippen LogP contribution in [0.25, 0.3) is 0 Å². The molecule has 1 aromatic carbocycles. The molecule has 2 rings (SSSR count). The molecular weight excluding hydrogens is 274 g/mol. The smallest absolute Gasteiger partial charge is 0.288 e. The SMILES string of the molecule is CN(c1ccccc1)c1ncc([N+](=O)[O-])cc1C(N)=NO. The van der Waals surface area contributed by atoms with E-state index in [0.717, 1.165) is 11.9 Å². The molecule has 0 aliphatic heterocycles.